The number of amides is 1. The van der Waals surface area contributed by atoms with Crippen molar-refractivity contribution in [3.8, 4) is 0 Å². The molecule has 0 aromatic heterocycles. The Hall–Kier alpha value is -0.610. The minimum atomic E-state index is -0.507. The third-order valence-electron chi connectivity index (χ3n) is 3.34. The van der Waals surface area contributed by atoms with E-state index in [0.717, 1.165) is 25.7 Å². The first-order valence-corrected chi connectivity index (χ1v) is 5.67. The van der Waals surface area contributed by atoms with Gasteiger partial charge in [0.1, 0.15) is 0 Å². The van der Waals surface area contributed by atoms with Crippen LogP contribution in [0.2, 0.25) is 0 Å². The summed E-state index contributed by atoms with van der Waals surface area (Å²) in [6.07, 6.45) is 3.81. The normalized spacial score (nSPS) is 33.5. The maximum atomic E-state index is 11.5. The van der Waals surface area contributed by atoms with E-state index in [0.29, 0.717) is 5.92 Å². The quantitative estimate of drug-likeness (QED) is 0.636. The van der Waals surface area contributed by atoms with Crippen molar-refractivity contribution in [2.45, 2.75) is 51.1 Å². The predicted octanol–water partition coefficient (Wildman–Crippen LogP) is 0.391. The molecule has 1 rings (SSSR count). The Morgan fingerprint density at radius 3 is 2.53 bits per heavy atom. The summed E-state index contributed by atoms with van der Waals surface area (Å²) >= 11 is 0. The fourth-order valence-corrected chi connectivity index (χ4v) is 2.01. The second kappa shape index (κ2) is 4.94. The van der Waals surface area contributed by atoms with Crippen LogP contribution < -0.4 is 11.1 Å². The third kappa shape index (κ3) is 3.18. The highest BCUT2D eigenvalue weighted by Gasteiger charge is 2.35. The lowest BCUT2D eigenvalue weighted by Gasteiger charge is -2.39. The van der Waals surface area contributed by atoms with E-state index in [1.54, 1.807) is 6.92 Å². The zero-order valence-corrected chi connectivity index (χ0v) is 9.62. The molecule has 1 fully saturated rings. The predicted molar refractivity (Wildman–Crippen MR) is 59.2 cm³/mol. The topological polar surface area (TPSA) is 75.3 Å². The van der Waals surface area contributed by atoms with Crippen LogP contribution in [-0.4, -0.2) is 29.2 Å². The molecule has 4 heteroatoms. The third-order valence-corrected chi connectivity index (χ3v) is 3.34. The Bertz CT molecular complexity index is 221. The van der Waals surface area contributed by atoms with Gasteiger partial charge in [0.2, 0.25) is 5.91 Å². The molecule has 0 aromatic rings. The first-order valence-electron chi connectivity index (χ1n) is 5.67. The van der Waals surface area contributed by atoms with Gasteiger partial charge in [-0.05, 0) is 38.5 Å². The molecular formula is C11H22N2O2. The molecule has 0 radical (unpaired) electrons. The average molecular weight is 214 g/mol. The highest BCUT2D eigenvalue weighted by Crippen LogP contribution is 2.31. The minimum Gasteiger partial charge on any atom is -0.394 e. The number of aliphatic hydroxyl groups is 1. The number of carbonyl (C=O) groups excluding carboxylic acids is 1. The Labute approximate surface area is 91.2 Å². The molecule has 1 amide bonds. The summed E-state index contributed by atoms with van der Waals surface area (Å²) in [6, 6.07) is -0.507. The van der Waals surface area contributed by atoms with Crippen LogP contribution in [0, 0.1) is 5.92 Å². The summed E-state index contributed by atoms with van der Waals surface area (Å²) in [5.74, 6) is 0.524. The summed E-state index contributed by atoms with van der Waals surface area (Å²) in [4.78, 5) is 11.5. The molecule has 0 unspecified atom stereocenters. The molecule has 1 aliphatic rings. The van der Waals surface area contributed by atoms with Crippen molar-refractivity contribution in [2.75, 3.05) is 6.61 Å². The first kappa shape index (κ1) is 12.5. The van der Waals surface area contributed by atoms with Gasteiger partial charge >= 0.3 is 0 Å². The number of nitrogens with one attached hydrogen (secondary N) is 1. The lowest BCUT2D eigenvalue weighted by Crippen LogP contribution is -2.56. The van der Waals surface area contributed by atoms with Crippen LogP contribution in [0.15, 0.2) is 0 Å². The Kier molecular flexibility index (Phi) is 4.11. The Morgan fingerprint density at radius 2 is 2.13 bits per heavy atom. The number of carbonyl (C=O) groups is 1. The van der Waals surface area contributed by atoms with E-state index in [9.17, 15) is 9.90 Å². The molecule has 1 saturated carbocycles. The van der Waals surface area contributed by atoms with E-state index in [1.807, 2.05) is 0 Å². The number of hydrogen-bond donors (Lipinski definition) is 3. The van der Waals surface area contributed by atoms with Crippen LogP contribution in [-0.2, 0) is 4.79 Å². The molecule has 0 saturated heterocycles. The lowest BCUT2D eigenvalue weighted by molar-refractivity contribution is -0.125. The molecule has 1 atom stereocenters. The summed E-state index contributed by atoms with van der Waals surface area (Å²) in [7, 11) is 0. The van der Waals surface area contributed by atoms with Gasteiger partial charge in [-0.3, -0.25) is 4.79 Å². The second-order valence-corrected chi connectivity index (χ2v) is 4.90. The van der Waals surface area contributed by atoms with Gasteiger partial charge in [0.25, 0.3) is 0 Å². The van der Waals surface area contributed by atoms with E-state index in [1.165, 1.54) is 0 Å². The van der Waals surface area contributed by atoms with Gasteiger partial charge in [0.05, 0.1) is 18.2 Å². The Morgan fingerprint density at radius 1 is 1.60 bits per heavy atom. The van der Waals surface area contributed by atoms with Gasteiger partial charge in [-0.1, -0.05) is 6.92 Å². The standard InChI is InChI=1S/C11H22N2O2/c1-8-3-5-11(7-14,6-4-8)13-10(15)9(2)12/h8-9,14H,3-7,12H2,1-2H3,(H,13,15)/t8?,9-,11?/m0/s1. The summed E-state index contributed by atoms with van der Waals surface area (Å²) in [5, 5.41) is 12.3. The van der Waals surface area contributed by atoms with E-state index >= 15 is 0 Å². The van der Waals surface area contributed by atoms with Gasteiger partial charge in [-0.15, -0.1) is 0 Å². The highest BCUT2D eigenvalue weighted by molar-refractivity contribution is 5.81. The fourth-order valence-electron chi connectivity index (χ4n) is 2.01. The largest absolute Gasteiger partial charge is 0.394 e. The van der Waals surface area contributed by atoms with E-state index < -0.39 is 11.6 Å². The van der Waals surface area contributed by atoms with Gasteiger partial charge in [0, 0.05) is 0 Å². The summed E-state index contributed by atoms with van der Waals surface area (Å²) in [5.41, 5.74) is 5.08. The van der Waals surface area contributed by atoms with Crippen molar-refractivity contribution in [1.29, 1.82) is 0 Å². The van der Waals surface area contributed by atoms with Crippen molar-refractivity contribution >= 4 is 5.91 Å². The first-order chi connectivity index (χ1) is 6.99. The average Bonchev–Trinajstić information content (AvgIpc) is 2.21. The number of aliphatic hydroxyl groups excluding tert-OH is 1. The van der Waals surface area contributed by atoms with Gasteiger partial charge in [-0.25, -0.2) is 0 Å². The van der Waals surface area contributed by atoms with Crippen molar-refractivity contribution < 1.29 is 9.90 Å². The zero-order chi connectivity index (χ0) is 11.5. The molecule has 15 heavy (non-hydrogen) atoms. The van der Waals surface area contributed by atoms with Gasteiger partial charge in [0.15, 0.2) is 0 Å². The van der Waals surface area contributed by atoms with Crippen molar-refractivity contribution in [1.82, 2.24) is 5.32 Å². The molecule has 88 valence electrons. The maximum Gasteiger partial charge on any atom is 0.237 e. The second-order valence-electron chi connectivity index (χ2n) is 4.90. The van der Waals surface area contributed by atoms with Crippen molar-refractivity contribution in [3.05, 3.63) is 0 Å². The van der Waals surface area contributed by atoms with E-state index in [-0.39, 0.29) is 12.5 Å². The van der Waals surface area contributed by atoms with E-state index in [4.69, 9.17) is 5.73 Å². The molecule has 0 bridgehead atoms. The minimum absolute atomic E-state index is 0.0121. The molecule has 1 aliphatic carbocycles. The summed E-state index contributed by atoms with van der Waals surface area (Å²) < 4.78 is 0. The van der Waals surface area contributed by atoms with Crippen molar-refractivity contribution in [2.24, 2.45) is 11.7 Å². The van der Waals surface area contributed by atoms with Gasteiger partial charge in [-0.2, -0.15) is 0 Å². The summed E-state index contributed by atoms with van der Waals surface area (Å²) in [6.45, 7) is 3.87. The molecule has 0 aliphatic heterocycles. The van der Waals surface area contributed by atoms with Gasteiger partial charge < -0.3 is 16.2 Å². The fraction of sp³-hybridized carbons (Fsp3) is 0.909. The number of hydrogen-bond acceptors (Lipinski definition) is 3. The van der Waals surface area contributed by atoms with Crippen LogP contribution in [0.3, 0.4) is 0 Å². The Balaban J connectivity index is 2.57. The number of nitrogens with two attached hydrogens (primary N) is 1. The molecule has 0 aromatic carbocycles. The number of rotatable bonds is 3. The van der Waals surface area contributed by atoms with Crippen molar-refractivity contribution in [3.63, 3.8) is 0 Å². The molecule has 4 N–H and O–H groups in total. The SMILES string of the molecule is CC1CCC(CO)(NC(=O)[C@H](C)N)CC1. The van der Waals surface area contributed by atoms with Crippen LogP contribution in [0.4, 0.5) is 0 Å². The molecule has 4 nitrogen and oxygen atoms in total. The van der Waals surface area contributed by atoms with E-state index in [2.05, 4.69) is 12.2 Å². The maximum absolute atomic E-state index is 11.5. The highest BCUT2D eigenvalue weighted by atomic mass is 16.3. The van der Waals surface area contributed by atoms with Crippen LogP contribution >= 0.6 is 0 Å². The molecule has 0 heterocycles. The molecule has 0 spiro atoms. The zero-order valence-electron chi connectivity index (χ0n) is 9.62. The van der Waals surface area contributed by atoms with Crippen LogP contribution in [0.1, 0.15) is 39.5 Å². The monoisotopic (exact) mass is 214 g/mol. The molecular weight excluding hydrogens is 192 g/mol. The van der Waals surface area contributed by atoms with Crippen LogP contribution in [0.25, 0.3) is 0 Å². The lowest BCUT2D eigenvalue weighted by atomic mass is 9.77. The smallest absolute Gasteiger partial charge is 0.237 e. The van der Waals surface area contributed by atoms with Crippen LogP contribution in [0.5, 0.6) is 0 Å².